The first-order chi connectivity index (χ1) is 40.6. The Balaban J connectivity index is 1.66. The van der Waals surface area contributed by atoms with Crippen LogP contribution in [0.5, 0.6) is 0 Å². The molecule has 0 spiro atoms. The van der Waals surface area contributed by atoms with E-state index in [1.165, 1.54) is 212 Å². The molecule has 0 aromatic heterocycles. The zero-order valence-electron chi connectivity index (χ0n) is 52.7. The molecular formula is C69H127NO13. The standard InChI is InChI=1S/C69H127NO13/c1-3-5-7-9-11-13-15-17-19-21-23-24-25-26-27-28-29-30-31-32-33-34-35-37-39-41-43-45-47-49-51-53-61(74)70-57(58(73)52-50-48-46-44-42-40-38-36-22-20-18-16-14-12-10-8-6-4-2)56-80-68-66(79)64(77)67(60(55-72)82-68)83-69-65(78)63(76)62(75)59(54-71)81-69/h15,17,21,23,25-26,50,52,57-60,62-69,71-73,75-79H,3-14,16,18-20,22,24,27-49,51,53-56H2,1-2H3,(H,70,74)/b17-15-,23-21-,26-25-,52-50+. The normalized spacial score (nSPS) is 24.1. The number of ether oxygens (including phenoxy) is 4. The zero-order chi connectivity index (χ0) is 60.2. The number of hydrogen-bond donors (Lipinski definition) is 9. The van der Waals surface area contributed by atoms with Crippen LogP contribution < -0.4 is 5.32 Å². The number of carbonyl (C=O) groups excluding carboxylic acids is 1. The van der Waals surface area contributed by atoms with Crippen LogP contribution in [-0.4, -0.2) is 140 Å². The van der Waals surface area contributed by atoms with Crippen molar-refractivity contribution in [2.24, 2.45) is 0 Å². The highest BCUT2D eigenvalue weighted by Crippen LogP contribution is 2.30. The summed E-state index contributed by atoms with van der Waals surface area (Å²) in [5, 5.41) is 87.3. The number of amides is 1. The summed E-state index contributed by atoms with van der Waals surface area (Å²) in [6.45, 7) is 2.82. The molecule has 2 heterocycles. The third-order valence-corrected chi connectivity index (χ3v) is 16.8. The summed E-state index contributed by atoms with van der Waals surface area (Å²) in [5.74, 6) is -0.237. The van der Waals surface area contributed by atoms with Gasteiger partial charge in [-0.1, -0.05) is 274 Å². The largest absolute Gasteiger partial charge is 0.394 e. The molecule has 12 atom stereocenters. The molecule has 2 fully saturated rings. The van der Waals surface area contributed by atoms with Crippen molar-refractivity contribution in [1.82, 2.24) is 5.32 Å². The highest BCUT2D eigenvalue weighted by molar-refractivity contribution is 5.76. The molecule has 9 N–H and O–H groups in total. The van der Waals surface area contributed by atoms with Crippen LogP contribution in [0.2, 0.25) is 0 Å². The third-order valence-electron chi connectivity index (χ3n) is 16.8. The first kappa shape index (κ1) is 77.0. The Morgan fingerprint density at radius 3 is 1.22 bits per heavy atom. The quantitative estimate of drug-likeness (QED) is 0.0204. The topological polar surface area (TPSA) is 228 Å². The maximum atomic E-state index is 13.3. The van der Waals surface area contributed by atoms with E-state index in [1.807, 2.05) is 6.08 Å². The number of nitrogens with one attached hydrogen (secondary N) is 1. The van der Waals surface area contributed by atoms with E-state index in [1.54, 1.807) is 6.08 Å². The molecule has 0 radical (unpaired) electrons. The molecule has 0 aromatic carbocycles. The molecule has 0 aliphatic carbocycles. The average Bonchev–Trinajstić information content (AvgIpc) is 3.64. The summed E-state index contributed by atoms with van der Waals surface area (Å²) >= 11 is 0. The molecule has 14 heteroatoms. The van der Waals surface area contributed by atoms with Crippen molar-refractivity contribution in [2.45, 2.75) is 364 Å². The van der Waals surface area contributed by atoms with E-state index in [2.05, 4.69) is 55.6 Å². The highest BCUT2D eigenvalue weighted by Gasteiger charge is 2.51. The van der Waals surface area contributed by atoms with Gasteiger partial charge in [-0.05, 0) is 57.8 Å². The lowest BCUT2D eigenvalue weighted by Crippen LogP contribution is -2.65. The fourth-order valence-electron chi connectivity index (χ4n) is 11.2. The van der Waals surface area contributed by atoms with Crippen molar-refractivity contribution >= 4 is 5.91 Å². The van der Waals surface area contributed by atoms with Crippen LogP contribution in [0.25, 0.3) is 0 Å². The Hall–Kier alpha value is -2.05. The van der Waals surface area contributed by atoms with Crippen LogP contribution in [-0.2, 0) is 23.7 Å². The summed E-state index contributed by atoms with van der Waals surface area (Å²) < 4.78 is 22.8. The number of hydrogen-bond acceptors (Lipinski definition) is 13. The van der Waals surface area contributed by atoms with Crippen molar-refractivity contribution in [3.05, 3.63) is 48.6 Å². The first-order valence-corrected chi connectivity index (χ1v) is 34.4. The second-order valence-corrected chi connectivity index (χ2v) is 24.3. The molecular weight excluding hydrogens is 1050 g/mol. The van der Waals surface area contributed by atoms with E-state index in [4.69, 9.17) is 18.9 Å². The smallest absolute Gasteiger partial charge is 0.220 e. The maximum Gasteiger partial charge on any atom is 0.220 e. The first-order valence-electron chi connectivity index (χ1n) is 34.4. The number of allylic oxidation sites excluding steroid dienone is 7. The lowest BCUT2D eigenvalue weighted by atomic mass is 9.97. The van der Waals surface area contributed by atoms with Crippen LogP contribution >= 0.6 is 0 Å². The summed E-state index contributed by atoms with van der Waals surface area (Å²) in [6.07, 6.45) is 53.0. The minimum atomic E-state index is -1.79. The molecule has 14 nitrogen and oxygen atoms in total. The van der Waals surface area contributed by atoms with E-state index in [0.717, 1.165) is 51.4 Å². The molecule has 0 saturated carbocycles. The van der Waals surface area contributed by atoms with Crippen molar-refractivity contribution in [3.8, 4) is 0 Å². The predicted molar refractivity (Wildman–Crippen MR) is 337 cm³/mol. The number of unbranched alkanes of at least 4 members (excludes halogenated alkanes) is 37. The number of aliphatic hydroxyl groups excluding tert-OH is 8. The van der Waals surface area contributed by atoms with Gasteiger partial charge in [-0.2, -0.15) is 0 Å². The van der Waals surface area contributed by atoms with Crippen molar-refractivity contribution in [3.63, 3.8) is 0 Å². The van der Waals surface area contributed by atoms with Crippen LogP contribution in [0.1, 0.15) is 290 Å². The molecule has 2 rings (SSSR count). The van der Waals surface area contributed by atoms with E-state index in [-0.39, 0.29) is 18.9 Å². The van der Waals surface area contributed by atoms with E-state index >= 15 is 0 Å². The van der Waals surface area contributed by atoms with Gasteiger partial charge in [0, 0.05) is 6.42 Å². The Morgan fingerprint density at radius 2 is 0.795 bits per heavy atom. The summed E-state index contributed by atoms with van der Waals surface area (Å²) in [6, 6.07) is -0.915. The Kier molecular flexibility index (Phi) is 50.2. The molecule has 0 bridgehead atoms. The van der Waals surface area contributed by atoms with Crippen molar-refractivity contribution in [1.29, 1.82) is 0 Å². The minimum Gasteiger partial charge on any atom is -0.394 e. The third kappa shape index (κ3) is 38.8. The fourth-order valence-corrected chi connectivity index (χ4v) is 11.2. The van der Waals surface area contributed by atoms with E-state index < -0.39 is 86.8 Å². The maximum absolute atomic E-state index is 13.3. The van der Waals surface area contributed by atoms with Gasteiger partial charge in [0.15, 0.2) is 12.6 Å². The molecule has 2 aliphatic heterocycles. The SMILES string of the molecule is CCCCCCC/C=C\C/C=C\C/C=C\CCCCCCCCCCCCCCCCCCC(=O)NC(COC1OC(CO)C(OC2OC(CO)C(O)C(O)C2O)C(O)C1O)C(O)/C=C/CCCCCCCCCCCCCCCCCC. The van der Waals surface area contributed by atoms with Gasteiger partial charge >= 0.3 is 0 Å². The summed E-state index contributed by atoms with van der Waals surface area (Å²) in [7, 11) is 0. The molecule has 2 aliphatic rings. The predicted octanol–water partition coefficient (Wildman–Crippen LogP) is 13.5. The summed E-state index contributed by atoms with van der Waals surface area (Å²) in [4.78, 5) is 13.3. The van der Waals surface area contributed by atoms with Gasteiger partial charge in [-0.25, -0.2) is 0 Å². The van der Waals surface area contributed by atoms with Gasteiger partial charge in [-0.15, -0.1) is 0 Å². The lowest BCUT2D eigenvalue weighted by Gasteiger charge is -2.46. The van der Waals surface area contributed by atoms with Gasteiger partial charge in [0.2, 0.25) is 5.91 Å². The van der Waals surface area contributed by atoms with Crippen molar-refractivity contribution in [2.75, 3.05) is 19.8 Å². The van der Waals surface area contributed by atoms with Crippen LogP contribution in [0.3, 0.4) is 0 Å². The van der Waals surface area contributed by atoms with Gasteiger partial charge in [0.25, 0.3) is 0 Å². The van der Waals surface area contributed by atoms with Gasteiger partial charge < -0.3 is 65.1 Å². The number of carbonyl (C=O) groups is 1. The van der Waals surface area contributed by atoms with Crippen LogP contribution in [0.4, 0.5) is 0 Å². The fraction of sp³-hybridized carbons (Fsp3) is 0.870. The van der Waals surface area contributed by atoms with Crippen LogP contribution in [0, 0.1) is 0 Å². The van der Waals surface area contributed by atoms with Gasteiger partial charge in [-0.3, -0.25) is 4.79 Å². The van der Waals surface area contributed by atoms with Crippen LogP contribution in [0.15, 0.2) is 48.6 Å². The second kappa shape index (κ2) is 54.1. The molecule has 2 saturated heterocycles. The lowest BCUT2D eigenvalue weighted by molar-refractivity contribution is -0.359. The summed E-state index contributed by atoms with van der Waals surface area (Å²) in [5.41, 5.74) is 0. The number of aliphatic hydroxyl groups is 8. The Labute approximate surface area is 505 Å². The molecule has 12 unspecified atom stereocenters. The zero-order valence-corrected chi connectivity index (χ0v) is 52.7. The van der Waals surface area contributed by atoms with E-state index in [9.17, 15) is 45.6 Å². The van der Waals surface area contributed by atoms with Gasteiger partial charge in [0.05, 0.1) is 32.0 Å². The second-order valence-electron chi connectivity index (χ2n) is 24.3. The molecule has 0 aromatic rings. The number of rotatable bonds is 56. The average molecular weight is 1180 g/mol. The van der Waals surface area contributed by atoms with Crippen molar-refractivity contribution < 1.29 is 64.6 Å². The molecule has 1 amide bonds. The molecule has 83 heavy (non-hydrogen) atoms. The van der Waals surface area contributed by atoms with Gasteiger partial charge in [0.1, 0.15) is 48.8 Å². The highest BCUT2D eigenvalue weighted by atomic mass is 16.7. The molecule has 486 valence electrons. The monoisotopic (exact) mass is 1180 g/mol. The Bertz CT molecular complexity index is 1580. The Morgan fingerprint density at radius 1 is 0.434 bits per heavy atom. The minimum absolute atomic E-state index is 0.237. The van der Waals surface area contributed by atoms with E-state index in [0.29, 0.717) is 6.42 Å².